The van der Waals surface area contributed by atoms with Crippen LogP contribution in [0.25, 0.3) is 0 Å². The first-order valence-electron chi connectivity index (χ1n) is 6.19. The van der Waals surface area contributed by atoms with Crippen molar-refractivity contribution in [3.8, 4) is 0 Å². The third-order valence-corrected chi connectivity index (χ3v) is 11.0. The Balaban J connectivity index is 2.93. The van der Waals surface area contributed by atoms with E-state index in [1.807, 2.05) is 0 Å². The Morgan fingerprint density at radius 3 is 2.50 bits per heavy atom. The summed E-state index contributed by atoms with van der Waals surface area (Å²) in [5.74, 6) is -0.302. The van der Waals surface area contributed by atoms with Crippen molar-refractivity contribution in [2.45, 2.75) is 34.6 Å². The van der Waals surface area contributed by atoms with Gasteiger partial charge >= 0.3 is 113 Å². The normalized spacial score (nSPS) is 24.5. The molecule has 0 saturated heterocycles. The first-order valence-corrected chi connectivity index (χ1v) is 16.2. The number of hydrogen-bond donors (Lipinski definition) is 0. The minimum atomic E-state index is -2.04. The number of carbonyl (C=O) groups excluding carboxylic acids is 2. The summed E-state index contributed by atoms with van der Waals surface area (Å²) in [5, 5.41) is 0. The molecule has 1 aliphatic carbocycles. The molecular weight excluding hydrogens is 335 g/mol. The fourth-order valence-corrected chi connectivity index (χ4v) is 3.93. The first-order chi connectivity index (χ1) is 8.21. The molecule has 0 bridgehead atoms. The van der Waals surface area contributed by atoms with Crippen LogP contribution in [0.3, 0.4) is 0 Å². The van der Waals surface area contributed by atoms with Gasteiger partial charge < -0.3 is 0 Å². The molecule has 1 aliphatic rings. The SMILES string of the molecule is COC(=O)C1(C/C=[C](\C)[Sn]([CH3])([CH3])[CH3])C=CC(=O)C1. The van der Waals surface area contributed by atoms with Crippen LogP contribution in [0.5, 0.6) is 0 Å². The van der Waals surface area contributed by atoms with Gasteiger partial charge in [-0.05, 0) is 0 Å². The average molecular weight is 357 g/mol. The van der Waals surface area contributed by atoms with E-state index in [0.29, 0.717) is 6.42 Å². The van der Waals surface area contributed by atoms with Crippen molar-refractivity contribution in [2.75, 3.05) is 7.11 Å². The Bertz CT molecular complexity index is 415. The molecule has 0 N–H and O–H groups in total. The molecule has 0 aliphatic heterocycles. The van der Waals surface area contributed by atoms with Crippen molar-refractivity contribution < 1.29 is 14.3 Å². The summed E-state index contributed by atoms with van der Waals surface area (Å²) in [5.41, 5.74) is -0.760. The molecule has 0 radical (unpaired) electrons. The number of methoxy groups -OCH3 is 1. The van der Waals surface area contributed by atoms with E-state index in [2.05, 4.69) is 27.8 Å². The van der Waals surface area contributed by atoms with E-state index in [1.165, 1.54) is 16.8 Å². The van der Waals surface area contributed by atoms with Gasteiger partial charge in [0.05, 0.1) is 0 Å². The number of allylic oxidation sites excluding steroid dienone is 3. The van der Waals surface area contributed by atoms with Gasteiger partial charge in [0.2, 0.25) is 0 Å². The number of rotatable bonds is 4. The fraction of sp³-hybridized carbons (Fsp3) is 0.571. The molecule has 4 heteroatoms. The summed E-state index contributed by atoms with van der Waals surface area (Å²) in [7, 11) is 1.38. The molecule has 0 aromatic rings. The maximum absolute atomic E-state index is 11.9. The molecule has 0 amide bonds. The molecule has 100 valence electrons. The fourth-order valence-electron chi connectivity index (χ4n) is 1.89. The zero-order valence-electron chi connectivity index (χ0n) is 11.9. The van der Waals surface area contributed by atoms with Gasteiger partial charge in [0.1, 0.15) is 0 Å². The van der Waals surface area contributed by atoms with Crippen molar-refractivity contribution >= 4 is 30.1 Å². The van der Waals surface area contributed by atoms with Gasteiger partial charge in [-0.1, -0.05) is 0 Å². The van der Waals surface area contributed by atoms with Crippen LogP contribution in [-0.4, -0.2) is 37.2 Å². The summed E-state index contributed by atoms with van der Waals surface area (Å²) in [6.07, 6.45) is 6.16. The number of esters is 1. The second kappa shape index (κ2) is 5.59. The van der Waals surface area contributed by atoms with Crippen LogP contribution in [0.1, 0.15) is 19.8 Å². The molecule has 0 fully saturated rings. The van der Waals surface area contributed by atoms with Crippen molar-refractivity contribution in [2.24, 2.45) is 5.41 Å². The van der Waals surface area contributed by atoms with Crippen LogP contribution in [0.4, 0.5) is 0 Å². The van der Waals surface area contributed by atoms with Gasteiger partial charge in [-0.15, -0.1) is 0 Å². The average Bonchev–Trinajstić information content (AvgIpc) is 2.66. The van der Waals surface area contributed by atoms with Crippen LogP contribution in [0, 0.1) is 5.41 Å². The molecule has 3 nitrogen and oxygen atoms in total. The Labute approximate surface area is 113 Å². The summed E-state index contributed by atoms with van der Waals surface area (Å²) in [6.45, 7) is 2.14. The second-order valence-corrected chi connectivity index (χ2v) is 21.1. The Kier molecular flexibility index (Phi) is 4.81. The van der Waals surface area contributed by atoms with Crippen LogP contribution in [-0.2, 0) is 14.3 Å². The molecule has 0 heterocycles. The van der Waals surface area contributed by atoms with Crippen LogP contribution in [0.2, 0.25) is 14.8 Å². The van der Waals surface area contributed by atoms with Crippen LogP contribution >= 0.6 is 0 Å². The summed E-state index contributed by atoms with van der Waals surface area (Å²) < 4.78 is 6.27. The van der Waals surface area contributed by atoms with E-state index in [1.54, 1.807) is 6.08 Å². The Hall–Kier alpha value is -0.581. The summed E-state index contributed by atoms with van der Waals surface area (Å²) >= 11 is -2.04. The van der Waals surface area contributed by atoms with E-state index in [0.717, 1.165) is 0 Å². The number of carbonyl (C=O) groups is 2. The second-order valence-electron chi connectivity index (χ2n) is 5.97. The van der Waals surface area contributed by atoms with Crippen LogP contribution in [0.15, 0.2) is 21.8 Å². The van der Waals surface area contributed by atoms with Gasteiger partial charge in [-0.25, -0.2) is 0 Å². The monoisotopic (exact) mass is 358 g/mol. The van der Waals surface area contributed by atoms with Gasteiger partial charge in [-0.2, -0.15) is 0 Å². The predicted octanol–water partition coefficient (Wildman–Crippen LogP) is 2.89. The summed E-state index contributed by atoms with van der Waals surface area (Å²) in [6, 6.07) is 0. The first kappa shape index (κ1) is 15.5. The third-order valence-electron chi connectivity index (χ3n) is 3.63. The Morgan fingerprint density at radius 1 is 1.50 bits per heavy atom. The zero-order valence-corrected chi connectivity index (χ0v) is 14.7. The van der Waals surface area contributed by atoms with E-state index in [-0.39, 0.29) is 18.2 Å². The number of hydrogen-bond acceptors (Lipinski definition) is 3. The molecule has 0 aromatic heterocycles. The quantitative estimate of drug-likeness (QED) is 0.574. The minimum absolute atomic E-state index is 0.00530. The van der Waals surface area contributed by atoms with E-state index < -0.39 is 23.8 Å². The van der Waals surface area contributed by atoms with Crippen molar-refractivity contribution in [1.29, 1.82) is 0 Å². The predicted molar refractivity (Wildman–Crippen MR) is 74.9 cm³/mol. The molecule has 0 aromatic carbocycles. The van der Waals surface area contributed by atoms with Crippen molar-refractivity contribution in [1.82, 2.24) is 0 Å². The molecule has 1 rings (SSSR count). The van der Waals surface area contributed by atoms with Gasteiger partial charge in [0.15, 0.2) is 0 Å². The third kappa shape index (κ3) is 3.46. The van der Waals surface area contributed by atoms with Gasteiger partial charge in [-0.3, -0.25) is 0 Å². The Morgan fingerprint density at radius 2 is 2.11 bits per heavy atom. The van der Waals surface area contributed by atoms with Crippen LogP contribution < -0.4 is 0 Å². The van der Waals surface area contributed by atoms with Crippen molar-refractivity contribution in [3.05, 3.63) is 21.8 Å². The molecule has 18 heavy (non-hydrogen) atoms. The number of ether oxygens (including phenoxy) is 1. The number of ketones is 1. The van der Waals surface area contributed by atoms with E-state index in [4.69, 9.17) is 4.74 Å². The molecule has 1 unspecified atom stereocenters. The van der Waals surface area contributed by atoms with Gasteiger partial charge in [0, 0.05) is 0 Å². The molecule has 0 saturated carbocycles. The molecule has 0 spiro atoms. The zero-order chi connectivity index (χ0) is 14.0. The molecular formula is C14H22O3Sn. The van der Waals surface area contributed by atoms with Gasteiger partial charge in [0.25, 0.3) is 0 Å². The molecule has 1 atom stereocenters. The summed E-state index contributed by atoms with van der Waals surface area (Å²) in [4.78, 5) is 30.3. The topological polar surface area (TPSA) is 43.4 Å². The van der Waals surface area contributed by atoms with E-state index in [9.17, 15) is 9.59 Å². The van der Waals surface area contributed by atoms with E-state index >= 15 is 0 Å². The maximum atomic E-state index is 11.9. The van der Waals surface area contributed by atoms with Crippen molar-refractivity contribution in [3.63, 3.8) is 0 Å². The standard InChI is InChI=1S/C11H13O3.3CH3.Sn/c1-3-4-6-11(10(13)14-2)7-5-9(12)8-11;;;;/h4-5,7H,6,8H2,1-2H3;3*1H3;.